The van der Waals surface area contributed by atoms with E-state index in [1.165, 1.54) is 0 Å². The number of ether oxygens (including phenoxy) is 3. The van der Waals surface area contributed by atoms with Crippen molar-refractivity contribution in [2.75, 3.05) is 6.54 Å². The smallest absolute Gasteiger partial charge is 0.420 e. The van der Waals surface area contributed by atoms with Crippen LogP contribution in [0, 0.1) is 5.41 Å². The van der Waals surface area contributed by atoms with Crippen LogP contribution >= 0.6 is 0 Å². The second-order valence-electron chi connectivity index (χ2n) is 8.94. The van der Waals surface area contributed by atoms with Crippen molar-refractivity contribution >= 4 is 30.0 Å². The Morgan fingerprint density at radius 2 is 1.39 bits per heavy atom. The van der Waals surface area contributed by atoms with E-state index in [1.54, 1.807) is 41.5 Å². The molecule has 0 saturated carbocycles. The summed E-state index contributed by atoms with van der Waals surface area (Å²) < 4.78 is 15.6. The highest BCUT2D eigenvalue weighted by atomic mass is 16.6. The van der Waals surface area contributed by atoms with E-state index < -0.39 is 47.2 Å². The third-order valence-corrected chi connectivity index (χ3v) is 3.52. The van der Waals surface area contributed by atoms with E-state index >= 15 is 0 Å². The van der Waals surface area contributed by atoms with Gasteiger partial charge in [-0.15, -0.1) is 0 Å². The van der Waals surface area contributed by atoms with Gasteiger partial charge in [-0.05, 0) is 67.3 Å². The van der Waals surface area contributed by atoms with Gasteiger partial charge in [-0.2, -0.15) is 4.90 Å². The number of carbonyl (C=O) groups excluding carboxylic acids is 4. The minimum Gasteiger partial charge on any atom is -0.443 e. The highest BCUT2D eigenvalue weighted by Crippen LogP contribution is 2.20. The van der Waals surface area contributed by atoms with Crippen molar-refractivity contribution in [1.29, 1.82) is 5.41 Å². The molecule has 0 heterocycles. The molecule has 0 aliphatic rings. The molecule has 0 rings (SSSR count). The molecule has 0 radical (unpaired) electrons. The second-order valence-corrected chi connectivity index (χ2v) is 8.94. The predicted octanol–water partition coefficient (Wildman–Crippen LogP) is 2.44. The summed E-state index contributed by atoms with van der Waals surface area (Å²) in [5.41, 5.74) is 8.66. The number of nitrogens with one attached hydrogen (secondary N) is 1. The second kappa shape index (κ2) is 12.2. The number of nitrogens with zero attached hydrogens (tertiary/aromatic N) is 1. The Labute approximate surface area is 183 Å². The van der Waals surface area contributed by atoms with Gasteiger partial charge >= 0.3 is 18.2 Å². The number of unbranched alkanes of at least 4 members (excludes halogenated alkanes) is 1. The number of imide groups is 1. The summed E-state index contributed by atoms with van der Waals surface area (Å²) in [6, 6.07) is -1.41. The van der Waals surface area contributed by atoms with Crippen LogP contribution in [0.1, 0.15) is 73.6 Å². The fourth-order valence-corrected chi connectivity index (χ4v) is 2.26. The molecule has 0 aromatic rings. The average Bonchev–Trinajstić information content (AvgIpc) is 2.55. The normalized spacial score (nSPS) is 12.5. The van der Waals surface area contributed by atoms with Gasteiger partial charge in [0.05, 0.1) is 0 Å². The average molecular weight is 445 g/mol. The van der Waals surface area contributed by atoms with Crippen molar-refractivity contribution in [2.24, 2.45) is 11.5 Å². The lowest BCUT2D eigenvalue weighted by atomic mass is 10.1. The Morgan fingerprint density at radius 3 is 1.77 bits per heavy atom. The van der Waals surface area contributed by atoms with Crippen LogP contribution in [-0.4, -0.2) is 58.6 Å². The van der Waals surface area contributed by atoms with Gasteiger partial charge in [0, 0.05) is 12.8 Å². The molecule has 0 saturated heterocycles. The minimum atomic E-state index is -1.41. The lowest BCUT2D eigenvalue weighted by Gasteiger charge is -2.32. The Morgan fingerprint density at radius 1 is 0.903 bits per heavy atom. The first-order valence-electron chi connectivity index (χ1n) is 10.1. The first kappa shape index (κ1) is 28.3. The fraction of sp³-hybridized carbons (Fsp3) is 0.750. The summed E-state index contributed by atoms with van der Waals surface area (Å²) in [7, 11) is 0. The summed E-state index contributed by atoms with van der Waals surface area (Å²) in [4.78, 5) is 49.9. The highest BCUT2D eigenvalue weighted by molar-refractivity contribution is 5.97. The molecule has 178 valence electrons. The zero-order valence-corrected chi connectivity index (χ0v) is 19.3. The van der Waals surface area contributed by atoms with Crippen LogP contribution in [0.2, 0.25) is 0 Å². The predicted molar refractivity (Wildman–Crippen MR) is 113 cm³/mol. The Bertz CT molecular complexity index is 637. The number of rotatable bonds is 9. The zero-order valence-electron chi connectivity index (χ0n) is 19.3. The van der Waals surface area contributed by atoms with E-state index in [1.807, 2.05) is 0 Å². The van der Waals surface area contributed by atoms with Gasteiger partial charge < -0.3 is 25.7 Å². The van der Waals surface area contributed by atoms with Crippen LogP contribution in [0.15, 0.2) is 0 Å². The van der Waals surface area contributed by atoms with Crippen molar-refractivity contribution in [3.63, 3.8) is 0 Å². The standard InChI is InChI=1S/C20H36N4O7/c1-19(2,3)30-17(27)24(18(28)31-20(4,5)6)13(9-7-8-12-21)16(26)29-15(23)11-10-14(22)25/h13,23H,7-12,21H2,1-6H3,(H2,22,25)/t13-/m0/s1. The quantitative estimate of drug-likeness (QED) is 0.160. The molecule has 0 spiro atoms. The van der Waals surface area contributed by atoms with Gasteiger partial charge in [-0.3, -0.25) is 10.2 Å². The Hall–Kier alpha value is -2.69. The molecule has 31 heavy (non-hydrogen) atoms. The number of amides is 3. The molecule has 11 nitrogen and oxygen atoms in total. The van der Waals surface area contributed by atoms with E-state index in [9.17, 15) is 19.2 Å². The molecule has 3 amide bonds. The Balaban J connectivity index is 5.86. The molecule has 1 atom stereocenters. The van der Waals surface area contributed by atoms with Crippen molar-refractivity contribution in [1.82, 2.24) is 4.90 Å². The number of nitrogens with two attached hydrogens (primary N) is 2. The molecular weight excluding hydrogens is 408 g/mol. The molecule has 0 bridgehead atoms. The molecule has 0 aromatic carbocycles. The monoisotopic (exact) mass is 444 g/mol. The van der Waals surface area contributed by atoms with Gasteiger partial charge in [0.15, 0.2) is 5.90 Å². The van der Waals surface area contributed by atoms with Crippen LogP contribution in [0.3, 0.4) is 0 Å². The molecular formula is C20H36N4O7. The van der Waals surface area contributed by atoms with E-state index in [0.717, 1.165) is 0 Å². The maximum absolute atomic E-state index is 12.8. The minimum absolute atomic E-state index is 0.0254. The topological polar surface area (TPSA) is 175 Å². The van der Waals surface area contributed by atoms with Crippen molar-refractivity contribution in [3.8, 4) is 0 Å². The fourth-order valence-electron chi connectivity index (χ4n) is 2.26. The summed E-state index contributed by atoms with van der Waals surface area (Å²) in [5, 5.41) is 7.74. The summed E-state index contributed by atoms with van der Waals surface area (Å²) in [6.45, 7) is 10.0. The van der Waals surface area contributed by atoms with Crippen molar-refractivity contribution in [3.05, 3.63) is 0 Å². The maximum Gasteiger partial charge on any atom is 0.420 e. The molecule has 0 fully saturated rings. The van der Waals surface area contributed by atoms with Crippen LogP contribution < -0.4 is 11.5 Å². The van der Waals surface area contributed by atoms with E-state index in [2.05, 4.69) is 0 Å². The first-order valence-corrected chi connectivity index (χ1v) is 10.1. The van der Waals surface area contributed by atoms with Gasteiger partial charge in [0.2, 0.25) is 5.91 Å². The molecule has 11 heteroatoms. The van der Waals surface area contributed by atoms with Gasteiger partial charge in [0.25, 0.3) is 0 Å². The summed E-state index contributed by atoms with van der Waals surface area (Å²) in [5.74, 6) is -2.20. The van der Waals surface area contributed by atoms with E-state index in [0.29, 0.717) is 24.3 Å². The summed E-state index contributed by atoms with van der Waals surface area (Å²) >= 11 is 0. The molecule has 5 N–H and O–H groups in total. The van der Waals surface area contributed by atoms with Crippen LogP contribution in [0.5, 0.6) is 0 Å². The van der Waals surface area contributed by atoms with Crippen LogP contribution in [0.25, 0.3) is 0 Å². The first-order chi connectivity index (χ1) is 14.1. The Kier molecular flexibility index (Phi) is 11.2. The van der Waals surface area contributed by atoms with Crippen LogP contribution in [-0.2, 0) is 23.8 Å². The number of hydrogen-bond donors (Lipinski definition) is 3. The number of carbonyl (C=O) groups is 4. The van der Waals surface area contributed by atoms with E-state index in [4.69, 9.17) is 31.1 Å². The number of primary amides is 1. The molecule has 0 aliphatic heterocycles. The van der Waals surface area contributed by atoms with Gasteiger partial charge in [-0.25, -0.2) is 14.4 Å². The third kappa shape index (κ3) is 12.6. The largest absolute Gasteiger partial charge is 0.443 e. The molecule has 0 aromatic heterocycles. The molecule has 0 unspecified atom stereocenters. The SMILES string of the molecule is CC(C)(C)OC(=O)N(C(=O)OC(C)(C)C)[C@@H](CCCCN)C(=O)OC(=N)CCC(N)=O. The molecule has 0 aliphatic carbocycles. The van der Waals surface area contributed by atoms with Crippen molar-refractivity contribution < 1.29 is 33.4 Å². The summed E-state index contributed by atoms with van der Waals surface area (Å²) in [6.07, 6.45) is -1.61. The van der Waals surface area contributed by atoms with Gasteiger partial charge in [-0.1, -0.05) is 0 Å². The maximum atomic E-state index is 12.8. The zero-order chi connectivity index (χ0) is 24.4. The third-order valence-electron chi connectivity index (χ3n) is 3.52. The number of hydrogen-bond acceptors (Lipinski definition) is 9. The van der Waals surface area contributed by atoms with Crippen LogP contribution in [0.4, 0.5) is 9.59 Å². The van der Waals surface area contributed by atoms with Gasteiger partial charge in [0.1, 0.15) is 17.2 Å². The lowest BCUT2D eigenvalue weighted by molar-refractivity contribution is -0.142. The number of esters is 1. The van der Waals surface area contributed by atoms with E-state index in [-0.39, 0.29) is 19.3 Å². The lowest BCUT2D eigenvalue weighted by Crippen LogP contribution is -2.52. The highest BCUT2D eigenvalue weighted by Gasteiger charge is 2.41. The van der Waals surface area contributed by atoms with Crippen molar-refractivity contribution in [2.45, 2.75) is 90.9 Å².